The lowest BCUT2D eigenvalue weighted by molar-refractivity contribution is -0.139. The van der Waals surface area contributed by atoms with Crippen LogP contribution in [0.2, 0.25) is 0 Å². The zero-order valence-corrected chi connectivity index (χ0v) is 11.8. The van der Waals surface area contributed by atoms with Gasteiger partial charge < -0.3 is 14.6 Å². The summed E-state index contributed by atoms with van der Waals surface area (Å²) >= 11 is 0. The van der Waals surface area contributed by atoms with E-state index in [0.717, 1.165) is 38.5 Å². The molecule has 1 atom stereocenters. The summed E-state index contributed by atoms with van der Waals surface area (Å²) in [5.74, 6) is 0. The lowest BCUT2D eigenvalue weighted by Crippen LogP contribution is -2.48. The Labute approximate surface area is 105 Å². The number of methoxy groups -OCH3 is 2. The second-order valence-corrected chi connectivity index (χ2v) is 6.08. The zero-order chi connectivity index (χ0) is 12.9. The summed E-state index contributed by atoms with van der Waals surface area (Å²) in [6.07, 6.45) is 5.48. The van der Waals surface area contributed by atoms with Crippen molar-refractivity contribution in [3.05, 3.63) is 0 Å². The van der Waals surface area contributed by atoms with Gasteiger partial charge in [0.1, 0.15) is 0 Å². The molecule has 3 heteroatoms. The van der Waals surface area contributed by atoms with E-state index in [0.29, 0.717) is 12.0 Å². The standard InChI is InChI=1S/C14H28O3/c1-13(2)7-9-14(17-4,10-8-13)12(15)6-5-11-16-3/h12,15H,5-11H2,1-4H3. The van der Waals surface area contributed by atoms with Gasteiger partial charge in [-0.3, -0.25) is 0 Å². The van der Waals surface area contributed by atoms with Crippen molar-refractivity contribution in [3.63, 3.8) is 0 Å². The van der Waals surface area contributed by atoms with Crippen LogP contribution in [0, 0.1) is 5.41 Å². The topological polar surface area (TPSA) is 38.7 Å². The summed E-state index contributed by atoms with van der Waals surface area (Å²) in [5.41, 5.74) is 0.0809. The molecule has 1 N–H and O–H groups in total. The third kappa shape index (κ3) is 3.94. The van der Waals surface area contributed by atoms with Crippen LogP contribution in [0.5, 0.6) is 0 Å². The van der Waals surface area contributed by atoms with Gasteiger partial charge >= 0.3 is 0 Å². The van der Waals surface area contributed by atoms with Crippen molar-refractivity contribution in [3.8, 4) is 0 Å². The Morgan fingerprint density at radius 3 is 2.18 bits per heavy atom. The minimum atomic E-state index is -0.362. The van der Waals surface area contributed by atoms with Gasteiger partial charge in [-0.25, -0.2) is 0 Å². The van der Waals surface area contributed by atoms with Crippen LogP contribution in [0.1, 0.15) is 52.4 Å². The molecule has 3 nitrogen and oxygen atoms in total. The molecule has 102 valence electrons. The van der Waals surface area contributed by atoms with Crippen LogP contribution in [-0.2, 0) is 9.47 Å². The van der Waals surface area contributed by atoms with Gasteiger partial charge in [0.15, 0.2) is 0 Å². The highest BCUT2D eigenvalue weighted by Crippen LogP contribution is 2.44. The number of aliphatic hydroxyl groups is 1. The molecule has 0 bridgehead atoms. The quantitative estimate of drug-likeness (QED) is 0.730. The smallest absolute Gasteiger partial charge is 0.0936 e. The fourth-order valence-electron chi connectivity index (χ4n) is 2.71. The molecule has 0 amide bonds. The van der Waals surface area contributed by atoms with E-state index in [1.807, 2.05) is 0 Å². The molecule has 1 aliphatic rings. The fraction of sp³-hybridized carbons (Fsp3) is 1.00. The average molecular weight is 244 g/mol. The Hall–Kier alpha value is -0.120. The van der Waals surface area contributed by atoms with Crippen molar-refractivity contribution >= 4 is 0 Å². The van der Waals surface area contributed by atoms with Crippen molar-refractivity contribution in [2.75, 3.05) is 20.8 Å². The molecule has 0 aromatic carbocycles. The minimum Gasteiger partial charge on any atom is -0.390 e. The van der Waals surface area contributed by atoms with E-state index in [1.165, 1.54) is 0 Å². The van der Waals surface area contributed by atoms with Crippen molar-refractivity contribution in [1.82, 2.24) is 0 Å². The second-order valence-electron chi connectivity index (χ2n) is 6.08. The van der Waals surface area contributed by atoms with Gasteiger partial charge in [0.25, 0.3) is 0 Å². The van der Waals surface area contributed by atoms with Crippen molar-refractivity contribution in [2.24, 2.45) is 5.41 Å². The van der Waals surface area contributed by atoms with E-state index in [2.05, 4.69) is 13.8 Å². The number of hydrogen-bond acceptors (Lipinski definition) is 3. The average Bonchev–Trinajstić information content (AvgIpc) is 2.30. The van der Waals surface area contributed by atoms with Gasteiger partial charge in [0.2, 0.25) is 0 Å². The molecular formula is C14H28O3. The molecule has 1 aliphatic carbocycles. The Kier molecular flexibility index (Phi) is 5.42. The first-order valence-electron chi connectivity index (χ1n) is 6.68. The van der Waals surface area contributed by atoms with Gasteiger partial charge in [-0.2, -0.15) is 0 Å². The lowest BCUT2D eigenvalue weighted by Gasteiger charge is -2.45. The molecule has 17 heavy (non-hydrogen) atoms. The number of rotatable bonds is 6. The predicted octanol–water partition coefficient (Wildman–Crippen LogP) is 2.76. The second kappa shape index (κ2) is 6.17. The molecule has 0 radical (unpaired) electrons. The highest BCUT2D eigenvalue weighted by atomic mass is 16.5. The Morgan fingerprint density at radius 1 is 1.12 bits per heavy atom. The SMILES string of the molecule is COCCCC(O)C1(OC)CCC(C)(C)CC1. The molecular weight excluding hydrogens is 216 g/mol. The Morgan fingerprint density at radius 2 is 1.71 bits per heavy atom. The summed E-state index contributed by atoms with van der Waals surface area (Å²) in [7, 11) is 3.43. The normalized spacial score (nSPS) is 24.5. The molecule has 0 spiro atoms. The fourth-order valence-corrected chi connectivity index (χ4v) is 2.71. The van der Waals surface area contributed by atoms with E-state index >= 15 is 0 Å². The summed E-state index contributed by atoms with van der Waals surface area (Å²) < 4.78 is 10.7. The summed E-state index contributed by atoms with van der Waals surface area (Å²) in [6.45, 7) is 5.30. The highest BCUT2D eigenvalue weighted by Gasteiger charge is 2.43. The van der Waals surface area contributed by atoms with E-state index in [4.69, 9.17) is 9.47 Å². The van der Waals surface area contributed by atoms with E-state index in [1.54, 1.807) is 14.2 Å². The molecule has 0 heterocycles. The predicted molar refractivity (Wildman–Crippen MR) is 69.1 cm³/mol. The molecule has 1 saturated carbocycles. The summed E-state index contributed by atoms with van der Waals surface area (Å²) in [4.78, 5) is 0. The van der Waals surface area contributed by atoms with E-state index in [9.17, 15) is 5.11 Å². The van der Waals surface area contributed by atoms with Gasteiger partial charge in [0.05, 0.1) is 11.7 Å². The van der Waals surface area contributed by atoms with Crippen molar-refractivity contribution in [2.45, 2.75) is 64.1 Å². The first-order chi connectivity index (χ1) is 7.96. The molecule has 0 aromatic heterocycles. The summed E-state index contributed by atoms with van der Waals surface area (Å²) in [5, 5.41) is 10.3. The molecule has 0 aliphatic heterocycles. The number of ether oxygens (including phenoxy) is 2. The maximum atomic E-state index is 10.3. The molecule has 1 fully saturated rings. The maximum Gasteiger partial charge on any atom is 0.0936 e. The van der Waals surface area contributed by atoms with Crippen LogP contribution in [0.4, 0.5) is 0 Å². The third-order valence-electron chi connectivity index (χ3n) is 4.29. The maximum absolute atomic E-state index is 10.3. The van der Waals surface area contributed by atoms with Gasteiger partial charge in [-0.15, -0.1) is 0 Å². The van der Waals surface area contributed by atoms with Crippen LogP contribution in [0.25, 0.3) is 0 Å². The first kappa shape index (κ1) is 14.9. The monoisotopic (exact) mass is 244 g/mol. The Bertz CT molecular complexity index is 216. The molecule has 1 unspecified atom stereocenters. The van der Waals surface area contributed by atoms with Crippen LogP contribution >= 0.6 is 0 Å². The van der Waals surface area contributed by atoms with Gasteiger partial charge in [-0.1, -0.05) is 13.8 Å². The highest BCUT2D eigenvalue weighted by molar-refractivity contribution is 4.95. The molecule has 0 aromatic rings. The number of hydrogen-bond donors (Lipinski definition) is 1. The van der Waals surface area contributed by atoms with Crippen molar-refractivity contribution in [1.29, 1.82) is 0 Å². The van der Waals surface area contributed by atoms with Crippen LogP contribution in [0.15, 0.2) is 0 Å². The van der Waals surface area contributed by atoms with Gasteiger partial charge in [-0.05, 0) is 43.9 Å². The van der Waals surface area contributed by atoms with Gasteiger partial charge in [0, 0.05) is 20.8 Å². The van der Waals surface area contributed by atoms with Crippen molar-refractivity contribution < 1.29 is 14.6 Å². The van der Waals surface area contributed by atoms with Crippen LogP contribution in [-0.4, -0.2) is 37.6 Å². The van der Waals surface area contributed by atoms with E-state index in [-0.39, 0.29) is 11.7 Å². The largest absolute Gasteiger partial charge is 0.390 e. The zero-order valence-electron chi connectivity index (χ0n) is 11.8. The third-order valence-corrected chi connectivity index (χ3v) is 4.29. The number of aliphatic hydroxyl groups excluding tert-OH is 1. The molecule has 1 rings (SSSR count). The minimum absolute atomic E-state index is 0.316. The first-order valence-corrected chi connectivity index (χ1v) is 6.68. The van der Waals surface area contributed by atoms with Crippen LogP contribution in [0.3, 0.4) is 0 Å². The summed E-state index contributed by atoms with van der Waals surface area (Å²) in [6, 6.07) is 0. The lowest BCUT2D eigenvalue weighted by atomic mass is 9.68. The Balaban J connectivity index is 2.51. The molecule has 0 saturated heterocycles. The van der Waals surface area contributed by atoms with Crippen LogP contribution < -0.4 is 0 Å². The van der Waals surface area contributed by atoms with E-state index < -0.39 is 0 Å².